The number of amides is 2. The molecule has 10 heteroatoms. The molecule has 3 heterocycles. The number of rotatable bonds is 3. The van der Waals surface area contributed by atoms with Crippen molar-refractivity contribution in [2.45, 2.75) is 6.18 Å². The molecule has 1 fully saturated rings. The number of alkyl halides is 3. The SMILES string of the molecule is O=C(Nc1cccc(C(F)(F)F)c1)N1CCN(c2ccc(-c3cccs3)nn2)CC1. The fraction of sp³-hybridized carbons (Fsp3) is 0.250. The summed E-state index contributed by atoms with van der Waals surface area (Å²) in [6.07, 6.45) is -4.45. The maximum absolute atomic E-state index is 12.8. The van der Waals surface area contributed by atoms with E-state index in [4.69, 9.17) is 0 Å². The van der Waals surface area contributed by atoms with Gasteiger partial charge >= 0.3 is 12.2 Å². The van der Waals surface area contributed by atoms with E-state index in [-0.39, 0.29) is 5.69 Å². The molecule has 0 bridgehead atoms. The van der Waals surface area contributed by atoms with Crippen LogP contribution in [0.2, 0.25) is 0 Å². The Labute approximate surface area is 175 Å². The van der Waals surface area contributed by atoms with Crippen LogP contribution in [0.1, 0.15) is 5.56 Å². The van der Waals surface area contributed by atoms with Gasteiger partial charge in [0.1, 0.15) is 5.69 Å². The van der Waals surface area contributed by atoms with Crippen LogP contribution in [0.4, 0.5) is 29.5 Å². The summed E-state index contributed by atoms with van der Waals surface area (Å²) in [7, 11) is 0. The van der Waals surface area contributed by atoms with Crippen molar-refractivity contribution in [3.8, 4) is 10.6 Å². The van der Waals surface area contributed by atoms with Crippen molar-refractivity contribution >= 4 is 28.9 Å². The topological polar surface area (TPSA) is 61.4 Å². The summed E-state index contributed by atoms with van der Waals surface area (Å²) in [6, 6.07) is 11.9. The number of halogens is 3. The Morgan fingerprint density at radius 3 is 2.43 bits per heavy atom. The van der Waals surface area contributed by atoms with E-state index in [1.807, 2.05) is 34.5 Å². The van der Waals surface area contributed by atoms with Crippen LogP contribution in [0.25, 0.3) is 10.6 Å². The largest absolute Gasteiger partial charge is 0.416 e. The quantitative estimate of drug-likeness (QED) is 0.657. The number of carbonyl (C=O) groups excluding carboxylic acids is 1. The standard InChI is InChI=1S/C20H18F3N5OS/c21-20(22,23)14-3-1-4-15(13-14)24-19(29)28-10-8-27(9-11-28)18-7-6-16(25-26-18)17-5-2-12-30-17/h1-7,12-13H,8-11H2,(H,24,29). The maximum atomic E-state index is 12.8. The molecule has 1 aliphatic heterocycles. The van der Waals surface area contributed by atoms with Gasteiger partial charge in [0, 0.05) is 31.9 Å². The first kappa shape index (κ1) is 20.1. The van der Waals surface area contributed by atoms with Gasteiger partial charge in [0.25, 0.3) is 0 Å². The molecule has 0 saturated carbocycles. The van der Waals surface area contributed by atoms with E-state index >= 15 is 0 Å². The number of nitrogens with one attached hydrogen (secondary N) is 1. The van der Waals surface area contributed by atoms with Crippen molar-refractivity contribution < 1.29 is 18.0 Å². The van der Waals surface area contributed by atoms with Gasteiger partial charge in [-0.25, -0.2) is 4.79 Å². The van der Waals surface area contributed by atoms with Crippen molar-refractivity contribution in [2.75, 3.05) is 36.4 Å². The van der Waals surface area contributed by atoms with Gasteiger partial charge in [-0.2, -0.15) is 13.2 Å². The van der Waals surface area contributed by atoms with Crippen molar-refractivity contribution in [3.05, 3.63) is 59.5 Å². The second-order valence-electron chi connectivity index (χ2n) is 6.74. The van der Waals surface area contributed by atoms with Crippen LogP contribution in [0.15, 0.2) is 53.9 Å². The van der Waals surface area contributed by atoms with Crippen LogP contribution in [0, 0.1) is 0 Å². The highest BCUT2D eigenvalue weighted by molar-refractivity contribution is 7.13. The van der Waals surface area contributed by atoms with Crippen LogP contribution < -0.4 is 10.2 Å². The molecule has 30 heavy (non-hydrogen) atoms. The number of nitrogens with zero attached hydrogens (tertiary/aromatic N) is 4. The third kappa shape index (κ3) is 4.54. The minimum Gasteiger partial charge on any atom is -0.352 e. The Kier molecular flexibility index (Phi) is 5.58. The Balaban J connectivity index is 1.33. The maximum Gasteiger partial charge on any atom is 0.416 e. The summed E-state index contributed by atoms with van der Waals surface area (Å²) in [6.45, 7) is 1.98. The first-order chi connectivity index (χ1) is 14.4. The molecule has 0 radical (unpaired) electrons. The molecule has 4 rings (SSSR count). The number of aromatic nitrogens is 2. The van der Waals surface area contributed by atoms with Crippen molar-refractivity contribution in [3.63, 3.8) is 0 Å². The van der Waals surface area contributed by atoms with Crippen LogP contribution in [0.3, 0.4) is 0 Å². The molecule has 6 nitrogen and oxygen atoms in total. The average molecular weight is 433 g/mol. The number of piperazine rings is 1. The van der Waals surface area contributed by atoms with E-state index in [2.05, 4.69) is 15.5 Å². The van der Waals surface area contributed by atoms with E-state index in [1.165, 1.54) is 12.1 Å². The Morgan fingerprint density at radius 1 is 1.00 bits per heavy atom. The normalized spacial score (nSPS) is 14.6. The molecule has 0 unspecified atom stereocenters. The highest BCUT2D eigenvalue weighted by atomic mass is 32.1. The van der Waals surface area contributed by atoms with E-state index in [9.17, 15) is 18.0 Å². The van der Waals surface area contributed by atoms with Gasteiger partial charge in [0.2, 0.25) is 0 Å². The minimum absolute atomic E-state index is 0.118. The second kappa shape index (κ2) is 8.31. The lowest BCUT2D eigenvalue weighted by Gasteiger charge is -2.35. The van der Waals surface area contributed by atoms with Gasteiger partial charge in [0.15, 0.2) is 5.82 Å². The molecule has 1 aromatic carbocycles. The highest BCUT2D eigenvalue weighted by Gasteiger charge is 2.30. The predicted molar refractivity (Wildman–Crippen MR) is 110 cm³/mol. The molecule has 2 aromatic heterocycles. The molecule has 0 atom stereocenters. The zero-order chi connectivity index (χ0) is 21.1. The van der Waals surface area contributed by atoms with E-state index in [0.717, 1.165) is 28.5 Å². The summed E-state index contributed by atoms with van der Waals surface area (Å²) in [5.74, 6) is 0.730. The van der Waals surface area contributed by atoms with Gasteiger partial charge in [-0.1, -0.05) is 12.1 Å². The van der Waals surface area contributed by atoms with Crippen LogP contribution >= 0.6 is 11.3 Å². The number of urea groups is 1. The lowest BCUT2D eigenvalue weighted by atomic mass is 10.2. The molecule has 1 saturated heterocycles. The van der Waals surface area contributed by atoms with Crippen molar-refractivity contribution in [1.29, 1.82) is 0 Å². The first-order valence-corrected chi connectivity index (χ1v) is 10.1. The molecular formula is C20H18F3N5OS. The number of anilines is 2. The molecular weight excluding hydrogens is 415 g/mol. The monoisotopic (exact) mass is 433 g/mol. The lowest BCUT2D eigenvalue weighted by molar-refractivity contribution is -0.137. The van der Waals surface area contributed by atoms with Gasteiger partial charge in [-0.3, -0.25) is 0 Å². The van der Waals surface area contributed by atoms with Crippen molar-refractivity contribution in [2.24, 2.45) is 0 Å². The third-order valence-corrected chi connectivity index (χ3v) is 5.65. The molecule has 156 valence electrons. The van der Waals surface area contributed by atoms with Crippen LogP contribution in [-0.4, -0.2) is 47.3 Å². The number of hydrogen-bond donors (Lipinski definition) is 1. The van der Waals surface area contributed by atoms with Crippen molar-refractivity contribution in [1.82, 2.24) is 15.1 Å². The Morgan fingerprint density at radius 2 is 1.80 bits per heavy atom. The summed E-state index contributed by atoms with van der Waals surface area (Å²) >= 11 is 1.59. The number of thiophene rings is 1. The first-order valence-electron chi connectivity index (χ1n) is 9.26. The zero-order valence-corrected chi connectivity index (χ0v) is 16.6. The molecule has 1 N–H and O–H groups in total. The summed E-state index contributed by atoms with van der Waals surface area (Å²) in [4.78, 5) is 17.1. The molecule has 0 aliphatic carbocycles. The Hall–Kier alpha value is -3.14. The number of carbonyl (C=O) groups is 1. The number of benzene rings is 1. The lowest BCUT2D eigenvalue weighted by Crippen LogP contribution is -2.50. The van der Waals surface area contributed by atoms with E-state index < -0.39 is 17.8 Å². The predicted octanol–water partition coefficient (Wildman–Crippen LogP) is 4.58. The molecule has 0 spiro atoms. The highest BCUT2D eigenvalue weighted by Crippen LogP contribution is 2.30. The van der Waals surface area contributed by atoms with Gasteiger partial charge in [0.05, 0.1) is 10.4 Å². The van der Waals surface area contributed by atoms with E-state index in [0.29, 0.717) is 26.2 Å². The third-order valence-electron chi connectivity index (χ3n) is 4.76. The molecule has 1 aliphatic rings. The average Bonchev–Trinajstić information content (AvgIpc) is 3.28. The molecule has 2 amide bonds. The summed E-state index contributed by atoms with van der Waals surface area (Å²) in [5, 5.41) is 13.1. The fourth-order valence-electron chi connectivity index (χ4n) is 3.16. The van der Waals surface area contributed by atoms with Gasteiger partial charge < -0.3 is 15.1 Å². The van der Waals surface area contributed by atoms with Gasteiger partial charge in [-0.05, 0) is 41.8 Å². The number of hydrogen-bond acceptors (Lipinski definition) is 5. The van der Waals surface area contributed by atoms with E-state index in [1.54, 1.807) is 16.2 Å². The van der Waals surface area contributed by atoms with Crippen LogP contribution in [-0.2, 0) is 6.18 Å². The fourth-order valence-corrected chi connectivity index (χ4v) is 3.85. The zero-order valence-electron chi connectivity index (χ0n) is 15.8. The minimum atomic E-state index is -4.45. The molecule has 3 aromatic rings. The summed E-state index contributed by atoms with van der Waals surface area (Å²) < 4.78 is 38.5. The van der Waals surface area contributed by atoms with Gasteiger partial charge in [-0.15, -0.1) is 21.5 Å². The Bertz CT molecular complexity index is 1000. The summed E-state index contributed by atoms with van der Waals surface area (Å²) in [5.41, 5.74) is 0.134. The second-order valence-corrected chi connectivity index (χ2v) is 7.68. The smallest absolute Gasteiger partial charge is 0.352 e. The van der Waals surface area contributed by atoms with Crippen LogP contribution in [0.5, 0.6) is 0 Å².